The van der Waals surface area contributed by atoms with Crippen LogP contribution in [0, 0.1) is 152 Å². The van der Waals surface area contributed by atoms with E-state index in [-0.39, 0.29) is 217 Å². The zero-order valence-electron chi connectivity index (χ0n) is 2.39. The van der Waals surface area contributed by atoms with Crippen molar-refractivity contribution in [2.24, 2.45) is 0 Å². The van der Waals surface area contributed by atoms with E-state index in [4.69, 9.17) is 0 Å². The normalized spacial score (nSPS) is 0. The molecule has 0 aliphatic carbocycles. The smallest absolute Gasteiger partial charge is 0 e. The zero-order valence-corrected chi connectivity index (χ0v) is 16.0. The van der Waals surface area contributed by atoms with Crippen molar-refractivity contribution in [2.75, 3.05) is 0 Å². The molecule has 6 heavy (non-hydrogen) atoms. The van der Waals surface area contributed by atoms with Crippen molar-refractivity contribution in [3.63, 3.8) is 0 Å². The molecule has 4 radical (unpaired) electrons. The van der Waals surface area contributed by atoms with Gasteiger partial charge in [0.05, 0.1) is 0 Å². The summed E-state index contributed by atoms with van der Waals surface area (Å²) < 4.78 is 0. The molecule has 0 saturated heterocycles. The Balaban J connectivity index is 0. The Hall–Kier alpha value is 7.27. The Labute approximate surface area is 209 Å². The molecule has 0 spiro atoms. The number of hydrogen-bond acceptors (Lipinski definition) is 0. The van der Waals surface area contributed by atoms with Crippen molar-refractivity contribution >= 4 is 0 Å². The van der Waals surface area contributed by atoms with Crippen molar-refractivity contribution in [1.82, 2.24) is 0 Å². The first-order chi connectivity index (χ1) is 0. The van der Waals surface area contributed by atoms with Gasteiger partial charge in [-0.25, -0.2) is 0 Å². The minimum absolute atomic E-state index is 0. The van der Waals surface area contributed by atoms with Crippen molar-refractivity contribution in [2.45, 2.75) is 0 Å². The molecule has 0 aromatic rings. The van der Waals surface area contributed by atoms with E-state index in [1.807, 2.05) is 0 Å². The van der Waals surface area contributed by atoms with Gasteiger partial charge in [0.2, 0.25) is 0 Å². The summed E-state index contributed by atoms with van der Waals surface area (Å²) in [6, 6.07) is 0. The number of hydrogen-bond donors (Lipinski definition) is 0. The molecule has 0 aromatic heterocycles. The average molecular weight is 833 g/mol. The Kier molecular flexibility index (Phi) is 186. The molecule has 0 aromatic carbocycles. The topological polar surface area (TPSA) is 0 Å². The summed E-state index contributed by atoms with van der Waals surface area (Å²) in [5.41, 5.74) is 0. The van der Waals surface area contributed by atoms with E-state index in [2.05, 4.69) is 0 Å². The first-order valence-electron chi connectivity index (χ1n) is 0. The second-order valence-electron chi connectivity index (χ2n) is 0. The van der Waals surface area contributed by atoms with Gasteiger partial charge in [-0.3, -0.25) is 0 Å². The van der Waals surface area contributed by atoms with E-state index in [1.54, 1.807) is 0 Å². The molecule has 0 amide bonds. The van der Waals surface area contributed by atoms with E-state index < -0.39 is 0 Å². The quantitative estimate of drug-likeness (QED) is 0.302. The van der Waals surface area contributed by atoms with Gasteiger partial charge in [-0.05, 0) is 0 Å². The third-order valence-electron chi connectivity index (χ3n) is 0. The summed E-state index contributed by atoms with van der Waals surface area (Å²) in [5.74, 6) is 0. The van der Waals surface area contributed by atoms with Gasteiger partial charge in [0, 0.05) is 217 Å². The SMILES string of the molecule is [Dy].[Dy].[Ho].[Ho].[Y].[Y]. The minimum atomic E-state index is 0. The van der Waals surface area contributed by atoms with Crippen LogP contribution in [0.5, 0.6) is 0 Å². The van der Waals surface area contributed by atoms with Gasteiger partial charge in [0.15, 0.2) is 0 Å². The monoisotopic (exact) mass is 836 g/mol. The van der Waals surface area contributed by atoms with Crippen molar-refractivity contribution in [3.05, 3.63) is 0 Å². The molecular weight excluding hydrogens is 833 g/mol. The maximum atomic E-state index is 0. The summed E-state index contributed by atoms with van der Waals surface area (Å²) in [6.07, 6.45) is 0. The van der Waals surface area contributed by atoms with Crippen molar-refractivity contribution in [1.29, 1.82) is 0 Å². The maximum absolute atomic E-state index is 0. The minimum Gasteiger partial charge on any atom is 0 e. The summed E-state index contributed by atoms with van der Waals surface area (Å²) in [7, 11) is 0. The average Bonchev–Trinajstić information content (AvgIpc) is 0. The molecule has 0 aliphatic rings. The fraction of sp³-hybridized carbons (Fsp3) is 0. The van der Waals surface area contributed by atoms with Gasteiger partial charge in [0.1, 0.15) is 0 Å². The summed E-state index contributed by atoms with van der Waals surface area (Å²) >= 11 is 0. The van der Waals surface area contributed by atoms with E-state index in [9.17, 15) is 0 Å². The summed E-state index contributed by atoms with van der Waals surface area (Å²) in [5, 5.41) is 0. The van der Waals surface area contributed by atoms with Crippen molar-refractivity contribution < 1.29 is 217 Å². The Bertz CT molecular complexity index is 9.51. The molecule has 0 heterocycles. The van der Waals surface area contributed by atoms with Crippen LogP contribution in [-0.2, 0) is 65.4 Å². The molecule has 0 aliphatic heterocycles. The fourth-order valence-electron chi connectivity index (χ4n) is 0. The van der Waals surface area contributed by atoms with E-state index in [0.717, 1.165) is 0 Å². The molecule has 0 atom stereocenters. The van der Waals surface area contributed by atoms with E-state index in [0.29, 0.717) is 0 Å². The van der Waals surface area contributed by atoms with Crippen LogP contribution in [0.3, 0.4) is 0 Å². The van der Waals surface area contributed by atoms with Gasteiger partial charge in [0.25, 0.3) is 0 Å². The van der Waals surface area contributed by atoms with E-state index >= 15 is 0 Å². The second-order valence-corrected chi connectivity index (χ2v) is 0. The van der Waals surface area contributed by atoms with Crippen LogP contribution in [0.2, 0.25) is 0 Å². The first kappa shape index (κ1) is 37.8. The van der Waals surface area contributed by atoms with Crippen LogP contribution < -0.4 is 0 Å². The van der Waals surface area contributed by atoms with E-state index in [1.165, 1.54) is 0 Å². The zero-order chi connectivity index (χ0) is 0. The van der Waals surface area contributed by atoms with Gasteiger partial charge in [-0.2, -0.15) is 0 Å². The molecule has 0 unspecified atom stereocenters. The summed E-state index contributed by atoms with van der Waals surface area (Å²) in [4.78, 5) is 0. The van der Waals surface area contributed by atoms with Crippen LogP contribution in [-0.4, -0.2) is 0 Å². The Morgan fingerprint density at radius 1 is 0.500 bits per heavy atom. The van der Waals surface area contributed by atoms with Crippen molar-refractivity contribution in [3.8, 4) is 0 Å². The largest absolute Gasteiger partial charge is 0 e. The number of rotatable bonds is 0. The predicted molar refractivity (Wildman–Crippen MR) is 0 cm³/mol. The third-order valence-corrected chi connectivity index (χ3v) is 0. The van der Waals surface area contributed by atoms with Gasteiger partial charge in [-0.15, -0.1) is 0 Å². The molecule has 0 saturated carbocycles. The molecule has 6 heteroatoms. The first-order valence-corrected chi connectivity index (χ1v) is 0. The fourth-order valence-corrected chi connectivity index (χ4v) is 0. The molecule has 0 nitrogen and oxygen atoms in total. The van der Waals surface area contributed by atoms with Crippen LogP contribution in [0.15, 0.2) is 0 Å². The van der Waals surface area contributed by atoms with Gasteiger partial charge in [-0.1, -0.05) is 0 Å². The Morgan fingerprint density at radius 2 is 0.500 bits per heavy atom. The molecular formula is Dy2Ho2Y2. The van der Waals surface area contributed by atoms with Crippen LogP contribution >= 0.6 is 0 Å². The standard InChI is InChI=1S/2Dy.2Ho.2Y. The second kappa shape index (κ2) is 29.5. The third kappa shape index (κ3) is 22.5. The van der Waals surface area contributed by atoms with Gasteiger partial charge >= 0.3 is 0 Å². The Morgan fingerprint density at radius 3 is 0.500 bits per heavy atom. The molecule has 0 N–H and O–H groups in total. The molecule has 0 bridgehead atoms. The van der Waals surface area contributed by atoms with Crippen LogP contribution in [0.1, 0.15) is 0 Å². The summed E-state index contributed by atoms with van der Waals surface area (Å²) in [6.45, 7) is 0. The van der Waals surface area contributed by atoms with Crippen LogP contribution in [0.4, 0.5) is 0 Å². The molecule has 48 valence electrons. The van der Waals surface area contributed by atoms with Crippen LogP contribution in [0.25, 0.3) is 0 Å². The molecule has 0 fully saturated rings. The molecule has 0 rings (SSSR count). The van der Waals surface area contributed by atoms with Gasteiger partial charge < -0.3 is 0 Å². The maximum Gasteiger partial charge on any atom is 0 e. The predicted octanol–water partition coefficient (Wildman–Crippen LogP) is -0.00500.